The third-order valence-corrected chi connectivity index (χ3v) is 5.28. The SMILES string of the molecule is CCOC1CC(NC2CCCc3[nH]c(=O)ccc32)C1(C)C. The highest BCUT2D eigenvalue weighted by molar-refractivity contribution is 5.26. The number of hydrogen-bond donors (Lipinski definition) is 2. The molecule has 0 aliphatic heterocycles. The van der Waals surface area contributed by atoms with Crippen LogP contribution in [0, 0.1) is 5.41 Å². The molecule has 3 unspecified atom stereocenters. The van der Waals surface area contributed by atoms with Crippen molar-refractivity contribution in [2.24, 2.45) is 5.41 Å². The Bertz CT molecular complexity index is 564. The fraction of sp³-hybridized carbons (Fsp3) is 0.706. The monoisotopic (exact) mass is 290 g/mol. The lowest BCUT2D eigenvalue weighted by atomic mass is 9.64. The lowest BCUT2D eigenvalue weighted by Gasteiger charge is -2.53. The molecule has 1 aromatic rings. The van der Waals surface area contributed by atoms with E-state index >= 15 is 0 Å². The van der Waals surface area contributed by atoms with Gasteiger partial charge in [0.05, 0.1) is 6.10 Å². The molecule has 0 radical (unpaired) electrons. The van der Waals surface area contributed by atoms with Gasteiger partial charge >= 0.3 is 0 Å². The molecule has 2 aliphatic rings. The number of aromatic nitrogens is 1. The van der Waals surface area contributed by atoms with E-state index < -0.39 is 0 Å². The summed E-state index contributed by atoms with van der Waals surface area (Å²) in [5.74, 6) is 0. The summed E-state index contributed by atoms with van der Waals surface area (Å²) >= 11 is 0. The Balaban J connectivity index is 1.72. The van der Waals surface area contributed by atoms with Crippen molar-refractivity contribution in [2.75, 3.05) is 6.61 Å². The van der Waals surface area contributed by atoms with Crippen LogP contribution in [0.2, 0.25) is 0 Å². The smallest absolute Gasteiger partial charge is 0.248 e. The maximum absolute atomic E-state index is 11.5. The van der Waals surface area contributed by atoms with Crippen molar-refractivity contribution in [1.82, 2.24) is 10.3 Å². The fourth-order valence-corrected chi connectivity index (χ4v) is 3.77. The molecule has 1 aromatic heterocycles. The lowest BCUT2D eigenvalue weighted by molar-refractivity contribution is -0.117. The fourth-order valence-electron chi connectivity index (χ4n) is 3.77. The minimum Gasteiger partial charge on any atom is -0.378 e. The summed E-state index contributed by atoms with van der Waals surface area (Å²) in [7, 11) is 0. The van der Waals surface area contributed by atoms with Crippen molar-refractivity contribution >= 4 is 0 Å². The first-order valence-corrected chi connectivity index (χ1v) is 8.12. The maximum Gasteiger partial charge on any atom is 0.248 e. The van der Waals surface area contributed by atoms with Gasteiger partial charge in [-0.2, -0.15) is 0 Å². The predicted octanol–water partition coefficient (Wildman–Crippen LogP) is 2.55. The summed E-state index contributed by atoms with van der Waals surface area (Å²) in [6.45, 7) is 7.41. The molecule has 0 aromatic carbocycles. The first-order valence-electron chi connectivity index (χ1n) is 8.12. The van der Waals surface area contributed by atoms with Gasteiger partial charge in [0.15, 0.2) is 0 Å². The summed E-state index contributed by atoms with van der Waals surface area (Å²) in [5.41, 5.74) is 2.58. The van der Waals surface area contributed by atoms with Gasteiger partial charge in [-0.3, -0.25) is 4.79 Å². The van der Waals surface area contributed by atoms with E-state index in [1.54, 1.807) is 6.07 Å². The van der Waals surface area contributed by atoms with Gasteiger partial charge in [0, 0.05) is 35.9 Å². The molecule has 21 heavy (non-hydrogen) atoms. The molecule has 2 N–H and O–H groups in total. The first kappa shape index (κ1) is 14.8. The molecule has 0 bridgehead atoms. The number of ether oxygens (including phenoxy) is 1. The lowest BCUT2D eigenvalue weighted by Crippen LogP contribution is -2.61. The Morgan fingerprint density at radius 3 is 2.95 bits per heavy atom. The number of pyridine rings is 1. The molecule has 4 heteroatoms. The van der Waals surface area contributed by atoms with Crippen LogP contribution in [0.4, 0.5) is 0 Å². The number of H-pyrrole nitrogens is 1. The van der Waals surface area contributed by atoms with Crippen LogP contribution in [0.5, 0.6) is 0 Å². The summed E-state index contributed by atoms with van der Waals surface area (Å²) in [4.78, 5) is 14.5. The highest BCUT2D eigenvalue weighted by Gasteiger charge is 2.49. The number of aromatic amines is 1. The van der Waals surface area contributed by atoms with Gasteiger partial charge in [0.2, 0.25) is 5.56 Å². The molecule has 0 amide bonds. The second-order valence-electron chi connectivity index (χ2n) is 6.92. The number of aryl methyl sites for hydroxylation is 1. The van der Waals surface area contributed by atoms with Crippen molar-refractivity contribution in [3.63, 3.8) is 0 Å². The van der Waals surface area contributed by atoms with Crippen molar-refractivity contribution in [2.45, 2.75) is 64.6 Å². The molecule has 3 atom stereocenters. The van der Waals surface area contributed by atoms with Crippen LogP contribution in [0.3, 0.4) is 0 Å². The van der Waals surface area contributed by atoms with Crippen LogP contribution < -0.4 is 10.9 Å². The van der Waals surface area contributed by atoms with Crippen LogP contribution in [0.1, 0.15) is 57.3 Å². The van der Waals surface area contributed by atoms with E-state index in [1.807, 2.05) is 6.07 Å². The van der Waals surface area contributed by atoms with E-state index in [1.165, 1.54) is 5.56 Å². The van der Waals surface area contributed by atoms with Gasteiger partial charge in [-0.15, -0.1) is 0 Å². The van der Waals surface area contributed by atoms with Crippen LogP contribution in [0.25, 0.3) is 0 Å². The van der Waals surface area contributed by atoms with E-state index in [9.17, 15) is 4.79 Å². The van der Waals surface area contributed by atoms with E-state index in [-0.39, 0.29) is 11.0 Å². The third-order valence-electron chi connectivity index (χ3n) is 5.28. The number of nitrogens with one attached hydrogen (secondary N) is 2. The van der Waals surface area contributed by atoms with Gasteiger partial charge in [-0.25, -0.2) is 0 Å². The van der Waals surface area contributed by atoms with Gasteiger partial charge in [-0.05, 0) is 38.2 Å². The highest BCUT2D eigenvalue weighted by Crippen LogP contribution is 2.44. The van der Waals surface area contributed by atoms with Gasteiger partial charge < -0.3 is 15.0 Å². The second-order valence-corrected chi connectivity index (χ2v) is 6.92. The molecule has 1 fully saturated rings. The van der Waals surface area contributed by atoms with Crippen molar-refractivity contribution in [1.29, 1.82) is 0 Å². The van der Waals surface area contributed by atoms with Gasteiger partial charge in [-0.1, -0.05) is 19.9 Å². The summed E-state index contributed by atoms with van der Waals surface area (Å²) in [6.07, 6.45) is 4.70. The van der Waals surface area contributed by atoms with Crippen molar-refractivity contribution in [3.05, 3.63) is 33.7 Å². The molecule has 0 saturated heterocycles. The topological polar surface area (TPSA) is 54.1 Å². The van der Waals surface area contributed by atoms with Crippen molar-refractivity contribution in [3.8, 4) is 0 Å². The van der Waals surface area contributed by atoms with Crippen LogP contribution in [-0.2, 0) is 11.2 Å². The molecular weight excluding hydrogens is 264 g/mol. The highest BCUT2D eigenvalue weighted by atomic mass is 16.5. The zero-order valence-corrected chi connectivity index (χ0v) is 13.2. The Morgan fingerprint density at radius 1 is 1.43 bits per heavy atom. The third kappa shape index (κ3) is 2.67. The van der Waals surface area contributed by atoms with Crippen LogP contribution in [0.15, 0.2) is 16.9 Å². The molecule has 3 rings (SSSR count). The summed E-state index contributed by atoms with van der Waals surface area (Å²) in [5, 5.41) is 3.81. The van der Waals surface area contributed by atoms with Crippen molar-refractivity contribution < 1.29 is 4.74 Å². The quantitative estimate of drug-likeness (QED) is 0.896. The Labute approximate surface area is 126 Å². The average molecular weight is 290 g/mol. The largest absolute Gasteiger partial charge is 0.378 e. The van der Waals surface area contributed by atoms with E-state index in [4.69, 9.17) is 4.74 Å². The molecule has 0 spiro atoms. The number of rotatable bonds is 4. The molecule has 116 valence electrons. The van der Waals surface area contributed by atoms with E-state index in [0.29, 0.717) is 18.2 Å². The zero-order valence-electron chi connectivity index (χ0n) is 13.2. The first-order chi connectivity index (χ1) is 10.0. The van der Waals surface area contributed by atoms with Gasteiger partial charge in [0.25, 0.3) is 0 Å². The van der Waals surface area contributed by atoms with Gasteiger partial charge in [0.1, 0.15) is 0 Å². The Morgan fingerprint density at radius 2 is 2.24 bits per heavy atom. The summed E-state index contributed by atoms with van der Waals surface area (Å²) < 4.78 is 5.81. The molecular formula is C17H26N2O2. The minimum absolute atomic E-state index is 0.00906. The average Bonchev–Trinajstić information content (AvgIpc) is 2.46. The van der Waals surface area contributed by atoms with E-state index in [2.05, 4.69) is 31.1 Å². The standard InChI is InChI=1S/C17H26N2O2/c1-4-21-15-10-14(17(15,2)3)18-12-6-5-7-13-11(12)8-9-16(20)19-13/h8-9,12,14-15,18H,4-7,10H2,1-3H3,(H,19,20). The number of hydrogen-bond acceptors (Lipinski definition) is 3. The second kappa shape index (κ2) is 5.58. The van der Waals surface area contributed by atoms with E-state index in [0.717, 1.165) is 38.0 Å². The minimum atomic E-state index is 0.00906. The van der Waals surface area contributed by atoms with Crippen LogP contribution in [-0.4, -0.2) is 23.7 Å². The molecule has 1 saturated carbocycles. The molecule has 2 aliphatic carbocycles. The molecule has 1 heterocycles. The Hall–Kier alpha value is -1.13. The van der Waals surface area contributed by atoms with Crippen LogP contribution >= 0.6 is 0 Å². The molecule has 4 nitrogen and oxygen atoms in total. The number of fused-ring (bicyclic) bond motifs is 1. The Kier molecular flexibility index (Phi) is 3.93. The summed E-state index contributed by atoms with van der Waals surface area (Å²) in [6, 6.07) is 4.49. The predicted molar refractivity (Wildman–Crippen MR) is 83.5 cm³/mol. The zero-order chi connectivity index (χ0) is 15.0. The normalized spacial score (nSPS) is 30.5. The maximum atomic E-state index is 11.5.